The van der Waals surface area contributed by atoms with E-state index in [1.807, 2.05) is 109 Å². The summed E-state index contributed by atoms with van der Waals surface area (Å²) in [6.45, 7) is 24.2. The van der Waals surface area contributed by atoms with Crippen molar-refractivity contribution in [1.82, 2.24) is 39.6 Å². The SMILES string of the molecule is CC(C)C1=C(C(=O)N2[C@H](C)CC[C@H]2C(=O)N2CCN(C3CCC3)CC2)SC2=N[C@@](C)(c3ccc(Cl)cc3)[C@@H](c3ccc(Cl)cc3)N21.CC(C)C1=C(C(=O)O)SC2=N[C@@](C)(c3ccc(Cl)cc3)[C@@H](c3ccc(Cl)cc3)N21.C[C@@H]1CC[C@@H](C(=O)N2CCN(C3CCC3)CC2)N1. The summed E-state index contributed by atoms with van der Waals surface area (Å²) < 4.78 is 0. The number of fused-ring (bicyclic) bond motifs is 2. The molecule has 14 rings (SSSR count). The number of nitrogens with zero attached hydrogens (tertiary/aromatic N) is 9. The van der Waals surface area contributed by atoms with Gasteiger partial charge in [0, 0.05) is 108 Å². The van der Waals surface area contributed by atoms with Gasteiger partial charge in [-0.05, 0) is 185 Å². The summed E-state index contributed by atoms with van der Waals surface area (Å²) in [5, 5.41) is 17.4. The minimum Gasteiger partial charge on any atom is -0.477 e. The lowest BCUT2D eigenvalue weighted by molar-refractivity contribution is -0.144. The summed E-state index contributed by atoms with van der Waals surface area (Å²) in [5.74, 6) is -0.443. The average Bonchev–Trinajstić information content (AvgIpc) is 1.57. The third-order valence-electron chi connectivity index (χ3n) is 21.0. The number of amides is 3. The number of hydrogen-bond donors (Lipinski definition) is 2. The molecule has 4 aromatic rings. The second-order valence-corrected chi connectivity index (χ2v) is 31.4. The van der Waals surface area contributed by atoms with Crippen LogP contribution in [0.4, 0.5) is 0 Å². The number of benzene rings is 4. The minimum atomic E-state index is -0.918. The first-order chi connectivity index (χ1) is 44.5. The van der Waals surface area contributed by atoms with Gasteiger partial charge in [-0.2, -0.15) is 0 Å². The van der Waals surface area contributed by atoms with E-state index in [4.69, 9.17) is 56.4 Å². The van der Waals surface area contributed by atoms with Crippen molar-refractivity contribution in [2.24, 2.45) is 21.8 Å². The molecule has 93 heavy (non-hydrogen) atoms. The Morgan fingerprint density at radius 2 is 0.925 bits per heavy atom. The number of nitrogens with one attached hydrogen (secondary N) is 1. The maximum Gasteiger partial charge on any atom is 0.344 e. The number of aliphatic imine (C=N–C) groups is 2. The third-order valence-corrected chi connectivity index (χ3v) is 24.2. The summed E-state index contributed by atoms with van der Waals surface area (Å²) in [6.07, 6.45) is 11.7. The molecule has 496 valence electrons. The Morgan fingerprint density at radius 1 is 0.527 bits per heavy atom. The lowest BCUT2D eigenvalue weighted by atomic mass is 9.81. The van der Waals surface area contributed by atoms with Gasteiger partial charge in [0.15, 0.2) is 10.3 Å². The van der Waals surface area contributed by atoms with Crippen LogP contribution in [-0.2, 0) is 30.3 Å². The molecule has 2 N–H and O–H groups in total. The van der Waals surface area contributed by atoms with Gasteiger partial charge in [-0.15, -0.1) is 0 Å². The quantitative estimate of drug-likeness (QED) is 0.139. The molecule has 8 atom stereocenters. The Kier molecular flexibility index (Phi) is 20.6. The Labute approximate surface area is 577 Å². The highest BCUT2D eigenvalue weighted by Gasteiger charge is 2.56. The molecule has 0 spiro atoms. The maximum atomic E-state index is 14.7. The molecule has 2 saturated carbocycles. The molecule has 8 aliphatic heterocycles. The predicted octanol–water partition coefficient (Wildman–Crippen LogP) is 14.5. The van der Waals surface area contributed by atoms with Crippen molar-refractivity contribution >= 4 is 104 Å². The monoisotopic (exact) mass is 1380 g/mol. The number of halogens is 4. The number of piperazine rings is 2. The van der Waals surface area contributed by atoms with Crippen LogP contribution < -0.4 is 5.32 Å². The maximum absolute atomic E-state index is 14.7. The van der Waals surface area contributed by atoms with Gasteiger partial charge in [0.25, 0.3) is 5.91 Å². The lowest BCUT2D eigenvalue weighted by Crippen LogP contribution is -2.57. The van der Waals surface area contributed by atoms with Gasteiger partial charge in [-0.25, -0.2) is 14.8 Å². The Balaban J connectivity index is 0.000000150. The zero-order valence-corrected chi connectivity index (χ0v) is 59.3. The zero-order valence-electron chi connectivity index (χ0n) is 54.7. The van der Waals surface area contributed by atoms with Gasteiger partial charge in [0.2, 0.25) is 11.8 Å². The van der Waals surface area contributed by atoms with Gasteiger partial charge in [-0.1, -0.05) is 135 Å². The standard InChI is InChI=1S/C36H43Cl2N5O2S.C22H20Cl2N2O2S.C14H25N3O/c1-22(2)30-31(34(45)42-23(3)8-17-29(42)33(44)41-20-18-40(19-21-41)28-6-5-7-28)46-35-39-36(4,25-11-15-27(38)16-12-25)32(43(30)35)24-9-13-26(37)14-10-24;1-12(2)17-18(20(27)28)29-21-25-22(3,14-6-10-16(24)11-7-14)19(26(17)21)13-4-8-15(23)9-5-13;1-11-5-6-13(15-11)14(18)17-9-7-16(8-10-17)12-3-2-4-12/h9-16,22-23,28-29,32H,5-8,17-21H2,1-4H3;4-12,19H,1-3H3,(H,27,28);11-13,15H,2-10H2,1H3/t23-,29+,32-,36+;19-,22+;11-,13+/m111/s1. The second kappa shape index (κ2) is 28.2. The van der Waals surface area contributed by atoms with Crippen molar-refractivity contribution in [3.63, 3.8) is 0 Å². The number of carbonyl (C=O) groups excluding carboxylic acids is 3. The summed E-state index contributed by atoms with van der Waals surface area (Å²) in [4.78, 5) is 79.9. The fourth-order valence-electron chi connectivity index (χ4n) is 15.5. The van der Waals surface area contributed by atoms with Crippen LogP contribution in [0.25, 0.3) is 0 Å². The topological polar surface area (TPSA) is 148 Å². The summed E-state index contributed by atoms with van der Waals surface area (Å²) >= 11 is 27.6. The molecular weight excluding hydrogens is 1290 g/mol. The van der Waals surface area contributed by atoms with Crippen molar-refractivity contribution in [1.29, 1.82) is 0 Å². The fourth-order valence-corrected chi connectivity index (χ4v) is 18.6. The van der Waals surface area contributed by atoms with Crippen LogP contribution >= 0.6 is 69.9 Å². The highest BCUT2D eigenvalue weighted by molar-refractivity contribution is 8.18. The van der Waals surface area contributed by atoms with E-state index in [0.29, 0.717) is 59.5 Å². The molecule has 2 aliphatic carbocycles. The van der Waals surface area contributed by atoms with E-state index >= 15 is 0 Å². The number of allylic oxidation sites excluding steroid dienone is 2. The summed E-state index contributed by atoms with van der Waals surface area (Å²) in [5.41, 5.74) is 4.68. The lowest BCUT2D eigenvalue weighted by Gasteiger charge is -2.44. The van der Waals surface area contributed by atoms with Crippen molar-refractivity contribution in [3.05, 3.63) is 161 Å². The van der Waals surface area contributed by atoms with Gasteiger partial charge >= 0.3 is 5.97 Å². The molecule has 0 radical (unpaired) electrons. The van der Waals surface area contributed by atoms with E-state index in [2.05, 4.69) is 83.5 Å². The number of hydrogen-bond acceptors (Lipinski definition) is 13. The van der Waals surface area contributed by atoms with Crippen molar-refractivity contribution in [2.45, 2.75) is 179 Å². The first kappa shape index (κ1) is 67.9. The smallest absolute Gasteiger partial charge is 0.344 e. The number of carbonyl (C=O) groups is 4. The van der Waals surface area contributed by atoms with Crippen LogP contribution in [-0.4, -0.2) is 162 Å². The molecule has 3 amide bonds. The molecule has 4 aromatic carbocycles. The first-order valence-corrected chi connectivity index (χ1v) is 36.7. The van der Waals surface area contributed by atoms with Crippen molar-refractivity contribution < 1.29 is 24.3 Å². The fraction of sp³-hybridized carbons (Fsp3) is 0.528. The molecule has 0 aromatic heterocycles. The molecular formula is C72H88Cl4N10O5S2. The second-order valence-electron chi connectivity index (χ2n) is 27.7. The molecule has 0 bridgehead atoms. The normalized spacial score (nSPS) is 28.2. The molecule has 15 nitrogen and oxygen atoms in total. The van der Waals surface area contributed by atoms with E-state index in [0.717, 1.165) is 116 Å². The van der Waals surface area contributed by atoms with E-state index in [1.165, 1.54) is 62.0 Å². The number of rotatable bonds is 12. The van der Waals surface area contributed by atoms with Crippen LogP contribution in [0.1, 0.15) is 154 Å². The largest absolute Gasteiger partial charge is 0.477 e. The van der Waals surface area contributed by atoms with Crippen LogP contribution in [0.2, 0.25) is 20.1 Å². The van der Waals surface area contributed by atoms with Crippen molar-refractivity contribution in [2.75, 3.05) is 52.4 Å². The number of carboxylic acid groups (broad SMARTS) is 1. The number of likely N-dealkylation sites (tertiary alicyclic amines) is 1. The zero-order chi connectivity index (χ0) is 65.8. The van der Waals surface area contributed by atoms with Crippen LogP contribution in [0, 0.1) is 11.8 Å². The predicted molar refractivity (Wildman–Crippen MR) is 378 cm³/mol. The number of amidine groups is 2. The summed E-state index contributed by atoms with van der Waals surface area (Å²) in [7, 11) is 0. The van der Waals surface area contributed by atoms with E-state index in [-0.39, 0.29) is 47.8 Å². The highest BCUT2D eigenvalue weighted by atomic mass is 35.5. The van der Waals surface area contributed by atoms with Gasteiger partial charge < -0.3 is 34.9 Å². The van der Waals surface area contributed by atoms with Gasteiger partial charge in [0.1, 0.15) is 26.9 Å². The Morgan fingerprint density at radius 3 is 1.30 bits per heavy atom. The van der Waals surface area contributed by atoms with E-state index < -0.39 is 23.1 Å². The average molecular weight is 1380 g/mol. The number of aliphatic carboxylic acids is 1. The van der Waals surface area contributed by atoms with E-state index in [1.54, 1.807) is 0 Å². The van der Waals surface area contributed by atoms with Crippen LogP contribution in [0.3, 0.4) is 0 Å². The Bertz CT molecular complexity index is 3570. The van der Waals surface area contributed by atoms with Gasteiger partial charge in [-0.3, -0.25) is 24.2 Å². The first-order valence-electron chi connectivity index (χ1n) is 33.6. The minimum absolute atomic E-state index is 0.0111. The van der Waals surface area contributed by atoms with Crippen LogP contribution in [0.5, 0.6) is 0 Å². The van der Waals surface area contributed by atoms with E-state index in [9.17, 15) is 24.3 Å². The molecule has 0 unspecified atom stereocenters. The molecule has 6 fully saturated rings. The molecule has 21 heteroatoms. The number of thioether (sulfide) groups is 2. The summed E-state index contributed by atoms with van der Waals surface area (Å²) in [6, 6.07) is 32.5. The van der Waals surface area contributed by atoms with Crippen LogP contribution in [0.15, 0.2) is 128 Å². The Hall–Kier alpha value is -5.08. The molecule has 10 aliphatic rings. The molecule has 4 saturated heterocycles. The third kappa shape index (κ3) is 13.6. The van der Waals surface area contributed by atoms with Gasteiger partial charge in [0.05, 0.1) is 18.1 Å². The highest BCUT2D eigenvalue weighted by Crippen LogP contribution is 2.58. The van der Waals surface area contributed by atoms with Crippen molar-refractivity contribution in [3.8, 4) is 0 Å². The molecule has 8 heterocycles. The number of carboxylic acids is 1.